The number of esters is 1. The van der Waals surface area contributed by atoms with Gasteiger partial charge in [-0.05, 0) is 29.6 Å². The van der Waals surface area contributed by atoms with Crippen molar-refractivity contribution in [2.75, 3.05) is 0 Å². The first-order valence-electron chi connectivity index (χ1n) is 5.06. The van der Waals surface area contributed by atoms with Crippen molar-refractivity contribution in [2.24, 2.45) is 0 Å². The Morgan fingerprint density at radius 1 is 1.24 bits per heavy atom. The first kappa shape index (κ1) is 10.1. The Hall–Kier alpha value is -2.07. The summed E-state index contributed by atoms with van der Waals surface area (Å²) in [4.78, 5) is 12.3. The van der Waals surface area contributed by atoms with E-state index in [0.29, 0.717) is 16.2 Å². The molecule has 2 heterocycles. The number of carbonyl (C=O) groups excluding carboxylic acids is 1. The summed E-state index contributed by atoms with van der Waals surface area (Å²) in [6.45, 7) is 0. The number of hydrogen-bond donors (Lipinski definition) is 0. The summed E-state index contributed by atoms with van der Waals surface area (Å²) in [7, 11) is 0. The second kappa shape index (κ2) is 4.07. The molecule has 0 aliphatic rings. The van der Waals surface area contributed by atoms with Gasteiger partial charge in [-0.15, -0.1) is 11.3 Å². The van der Waals surface area contributed by atoms with Crippen LogP contribution in [0.2, 0.25) is 0 Å². The van der Waals surface area contributed by atoms with Gasteiger partial charge in [0.1, 0.15) is 16.2 Å². The van der Waals surface area contributed by atoms with E-state index in [-0.39, 0.29) is 5.97 Å². The van der Waals surface area contributed by atoms with Crippen LogP contribution in [0.15, 0.2) is 52.5 Å². The van der Waals surface area contributed by atoms with Gasteiger partial charge in [0.2, 0.25) is 0 Å². The molecule has 1 aromatic carbocycles. The summed E-state index contributed by atoms with van der Waals surface area (Å²) in [5, 5.41) is 2.83. The minimum absolute atomic E-state index is 0.342. The van der Waals surface area contributed by atoms with Crippen LogP contribution in [-0.4, -0.2) is 5.97 Å². The Morgan fingerprint density at radius 3 is 3.00 bits per heavy atom. The summed E-state index contributed by atoms with van der Waals surface area (Å²) < 4.78 is 10.5. The van der Waals surface area contributed by atoms with E-state index in [1.807, 2.05) is 23.6 Å². The largest absolute Gasteiger partial charge is 0.464 e. The molecule has 0 aliphatic heterocycles. The van der Waals surface area contributed by atoms with Crippen LogP contribution in [0.25, 0.3) is 11.0 Å². The molecule has 0 N–H and O–H groups in total. The second-order valence-corrected chi connectivity index (χ2v) is 4.43. The monoisotopic (exact) mass is 244 g/mol. The molecule has 0 bridgehead atoms. The van der Waals surface area contributed by atoms with Gasteiger partial charge in [0.25, 0.3) is 0 Å². The van der Waals surface area contributed by atoms with E-state index in [2.05, 4.69) is 0 Å². The molecule has 84 valence electrons. The Bertz CT molecular complexity index is 652. The Labute approximate surface area is 101 Å². The van der Waals surface area contributed by atoms with Gasteiger partial charge >= 0.3 is 5.97 Å². The summed E-state index contributed by atoms with van der Waals surface area (Å²) in [6.07, 6.45) is 1.61. The number of benzene rings is 1. The Kier molecular flexibility index (Phi) is 2.42. The van der Waals surface area contributed by atoms with Crippen LogP contribution in [-0.2, 0) is 0 Å². The lowest BCUT2D eigenvalue weighted by Crippen LogP contribution is -2.05. The molecule has 0 fully saturated rings. The van der Waals surface area contributed by atoms with Gasteiger partial charge in [-0.1, -0.05) is 6.07 Å². The van der Waals surface area contributed by atoms with E-state index in [0.717, 1.165) is 5.39 Å². The highest BCUT2D eigenvalue weighted by Gasteiger charge is 2.10. The van der Waals surface area contributed by atoms with Crippen molar-refractivity contribution in [1.29, 1.82) is 0 Å². The molecule has 0 unspecified atom stereocenters. The molecule has 0 amide bonds. The molecule has 3 nitrogen and oxygen atoms in total. The SMILES string of the molecule is O=C(Oc1ccc2ccoc2c1)c1cccs1. The van der Waals surface area contributed by atoms with Crippen LogP contribution in [0, 0.1) is 0 Å². The molecule has 2 aromatic heterocycles. The van der Waals surface area contributed by atoms with E-state index in [9.17, 15) is 4.79 Å². The first-order valence-corrected chi connectivity index (χ1v) is 5.94. The van der Waals surface area contributed by atoms with Crippen molar-refractivity contribution < 1.29 is 13.9 Å². The van der Waals surface area contributed by atoms with Crippen LogP contribution >= 0.6 is 11.3 Å². The minimum atomic E-state index is -0.342. The van der Waals surface area contributed by atoms with Gasteiger partial charge in [0, 0.05) is 11.5 Å². The Balaban J connectivity index is 1.87. The van der Waals surface area contributed by atoms with E-state index in [4.69, 9.17) is 9.15 Å². The third-order valence-corrected chi connectivity index (χ3v) is 3.21. The lowest BCUT2D eigenvalue weighted by molar-refractivity contribution is 0.0740. The summed E-state index contributed by atoms with van der Waals surface area (Å²) in [5.41, 5.74) is 0.710. The molecular formula is C13H8O3S. The standard InChI is InChI=1S/C13H8O3S/c14-13(12-2-1-7-17-12)16-10-4-3-9-5-6-15-11(9)8-10/h1-8H. The van der Waals surface area contributed by atoms with E-state index in [1.54, 1.807) is 24.5 Å². The van der Waals surface area contributed by atoms with Gasteiger partial charge in [-0.2, -0.15) is 0 Å². The molecule has 3 aromatic rings. The van der Waals surface area contributed by atoms with Crippen LogP contribution in [0.5, 0.6) is 5.75 Å². The summed E-state index contributed by atoms with van der Waals surface area (Å²) in [6, 6.07) is 10.7. The molecular weight excluding hydrogens is 236 g/mol. The van der Waals surface area contributed by atoms with Crippen LogP contribution in [0.4, 0.5) is 0 Å². The zero-order valence-corrected chi connectivity index (χ0v) is 9.57. The average molecular weight is 244 g/mol. The maximum absolute atomic E-state index is 11.7. The number of carbonyl (C=O) groups is 1. The highest BCUT2D eigenvalue weighted by molar-refractivity contribution is 7.12. The number of fused-ring (bicyclic) bond motifs is 1. The van der Waals surface area contributed by atoms with E-state index < -0.39 is 0 Å². The summed E-state index contributed by atoms with van der Waals surface area (Å²) >= 11 is 1.36. The normalized spacial score (nSPS) is 10.6. The number of furan rings is 1. The molecule has 0 spiro atoms. The van der Waals surface area contributed by atoms with E-state index >= 15 is 0 Å². The van der Waals surface area contributed by atoms with Gasteiger partial charge in [0.05, 0.1) is 6.26 Å². The van der Waals surface area contributed by atoms with Crippen LogP contribution in [0.1, 0.15) is 9.67 Å². The lowest BCUT2D eigenvalue weighted by Gasteiger charge is -2.01. The smallest absolute Gasteiger partial charge is 0.353 e. The predicted octanol–water partition coefficient (Wildman–Crippen LogP) is 3.71. The van der Waals surface area contributed by atoms with Crippen molar-refractivity contribution in [1.82, 2.24) is 0 Å². The minimum Gasteiger partial charge on any atom is -0.464 e. The fraction of sp³-hybridized carbons (Fsp3) is 0. The van der Waals surface area contributed by atoms with Crippen molar-refractivity contribution in [3.63, 3.8) is 0 Å². The topological polar surface area (TPSA) is 39.4 Å². The van der Waals surface area contributed by atoms with E-state index in [1.165, 1.54) is 11.3 Å². The van der Waals surface area contributed by atoms with Gasteiger partial charge in [0.15, 0.2) is 0 Å². The zero-order valence-electron chi connectivity index (χ0n) is 8.75. The van der Waals surface area contributed by atoms with Gasteiger partial charge < -0.3 is 9.15 Å². The summed E-state index contributed by atoms with van der Waals surface area (Å²) in [5.74, 6) is 0.150. The predicted molar refractivity (Wildman–Crippen MR) is 65.5 cm³/mol. The van der Waals surface area contributed by atoms with Crippen molar-refractivity contribution in [2.45, 2.75) is 0 Å². The highest BCUT2D eigenvalue weighted by Crippen LogP contribution is 2.22. The maximum Gasteiger partial charge on any atom is 0.353 e. The molecule has 4 heteroatoms. The molecule has 0 saturated carbocycles. The molecule has 0 radical (unpaired) electrons. The van der Waals surface area contributed by atoms with Crippen molar-refractivity contribution in [3.05, 3.63) is 52.9 Å². The van der Waals surface area contributed by atoms with Crippen molar-refractivity contribution >= 4 is 28.3 Å². The van der Waals surface area contributed by atoms with Gasteiger partial charge in [-0.25, -0.2) is 4.79 Å². The second-order valence-electron chi connectivity index (χ2n) is 3.49. The molecule has 3 rings (SSSR count). The van der Waals surface area contributed by atoms with Crippen LogP contribution in [0.3, 0.4) is 0 Å². The lowest BCUT2D eigenvalue weighted by atomic mass is 10.2. The fourth-order valence-electron chi connectivity index (χ4n) is 1.55. The molecule has 0 saturated heterocycles. The maximum atomic E-state index is 11.7. The van der Waals surface area contributed by atoms with Crippen LogP contribution < -0.4 is 4.74 Å². The number of hydrogen-bond acceptors (Lipinski definition) is 4. The fourth-order valence-corrected chi connectivity index (χ4v) is 2.15. The Morgan fingerprint density at radius 2 is 2.18 bits per heavy atom. The third-order valence-electron chi connectivity index (χ3n) is 2.36. The average Bonchev–Trinajstić information content (AvgIpc) is 2.99. The number of ether oxygens (including phenoxy) is 1. The number of rotatable bonds is 2. The van der Waals surface area contributed by atoms with Crippen molar-refractivity contribution in [3.8, 4) is 5.75 Å². The third kappa shape index (κ3) is 1.94. The quantitative estimate of drug-likeness (QED) is 0.509. The molecule has 0 atom stereocenters. The zero-order chi connectivity index (χ0) is 11.7. The highest BCUT2D eigenvalue weighted by atomic mass is 32.1. The number of thiophene rings is 1. The molecule has 17 heavy (non-hydrogen) atoms. The first-order chi connectivity index (χ1) is 8.33. The van der Waals surface area contributed by atoms with Gasteiger partial charge in [-0.3, -0.25) is 0 Å². The molecule has 0 aliphatic carbocycles.